The molecular formula is C8H30Cl4N2O4PtS4. The van der Waals surface area contributed by atoms with Gasteiger partial charge in [-0.05, 0) is 0 Å². The van der Waals surface area contributed by atoms with E-state index in [0.29, 0.717) is 0 Å². The van der Waals surface area contributed by atoms with Crippen LogP contribution in [0.3, 0.4) is 0 Å². The Labute approximate surface area is 191 Å². The van der Waals surface area contributed by atoms with E-state index in [1.807, 2.05) is 0 Å². The topological polar surface area (TPSA) is 138 Å². The van der Waals surface area contributed by atoms with Crippen LogP contribution in [0.25, 0.3) is 0 Å². The SMILES string of the molecule is CS(C)=O.CS(C)=O.CS(C)=O.CS(C)=O.N.N.[Cl-].[Cl-].[Cl-].[Cl-].[Pt+4]. The third-order valence-corrected chi connectivity index (χ3v) is 0. The van der Waals surface area contributed by atoms with Crippen LogP contribution < -0.4 is 61.9 Å². The molecule has 158 valence electrons. The third kappa shape index (κ3) is 2170. The van der Waals surface area contributed by atoms with E-state index in [2.05, 4.69) is 0 Å². The smallest absolute Gasteiger partial charge is 1.00 e. The second kappa shape index (κ2) is 64.5. The van der Waals surface area contributed by atoms with Gasteiger partial charge < -0.3 is 61.9 Å². The summed E-state index contributed by atoms with van der Waals surface area (Å²) in [5.74, 6) is 0. The van der Waals surface area contributed by atoms with E-state index in [-0.39, 0.29) is 83.0 Å². The summed E-state index contributed by atoms with van der Waals surface area (Å²) in [6.07, 6.45) is 13.1. The van der Waals surface area contributed by atoms with Gasteiger partial charge in [-0.15, -0.1) is 0 Å². The normalized spacial score (nSPS) is 6.09. The Morgan fingerprint density at radius 3 is 0.391 bits per heavy atom. The maximum absolute atomic E-state index is 9.56. The quantitative estimate of drug-likeness (QED) is 0.260. The fourth-order valence-corrected chi connectivity index (χ4v) is 0. The average molecular weight is 683 g/mol. The minimum absolute atomic E-state index is 0. The van der Waals surface area contributed by atoms with E-state index in [1.165, 1.54) is 0 Å². The Hall–Kier alpha value is 2.37. The molecule has 0 radical (unpaired) electrons. The summed E-state index contributed by atoms with van der Waals surface area (Å²) in [6, 6.07) is 0. The van der Waals surface area contributed by atoms with Gasteiger partial charge in [-0.3, -0.25) is 16.8 Å². The Morgan fingerprint density at radius 2 is 0.391 bits per heavy atom. The van der Waals surface area contributed by atoms with Gasteiger partial charge in [0, 0.05) is 93.2 Å². The van der Waals surface area contributed by atoms with Crippen molar-refractivity contribution in [2.45, 2.75) is 0 Å². The Bertz CT molecular complexity index is 194. The van der Waals surface area contributed by atoms with Crippen molar-refractivity contribution in [3.63, 3.8) is 0 Å². The van der Waals surface area contributed by atoms with Crippen molar-refractivity contribution >= 4 is 43.2 Å². The molecule has 0 unspecified atom stereocenters. The van der Waals surface area contributed by atoms with Crippen LogP contribution in [0.1, 0.15) is 0 Å². The zero-order chi connectivity index (χ0) is 14.3. The molecule has 0 saturated carbocycles. The standard InChI is InChI=1S/4C2H6OS.4ClH.2H3N.Pt/c4*1-4(2)3;;;;;;;/h4*1-2H3;4*1H;2*1H3;/q;;;;;;;;;;+4/p-4. The van der Waals surface area contributed by atoms with E-state index in [0.717, 1.165) is 0 Å². The molecule has 0 heterocycles. The number of hydrogen-bond donors (Lipinski definition) is 2. The molecule has 0 rings (SSSR count). The van der Waals surface area contributed by atoms with Crippen molar-refractivity contribution < 1.29 is 87.5 Å². The Balaban J connectivity index is -0.00000000842. The first-order valence-electron chi connectivity index (χ1n) is 3.93. The van der Waals surface area contributed by atoms with Gasteiger partial charge in [0.05, 0.1) is 0 Å². The van der Waals surface area contributed by atoms with Crippen molar-refractivity contribution in [2.24, 2.45) is 0 Å². The fourth-order valence-electron chi connectivity index (χ4n) is 0. The summed E-state index contributed by atoms with van der Waals surface area (Å²) in [5, 5.41) is 0. The molecule has 0 fully saturated rings. The van der Waals surface area contributed by atoms with E-state index in [1.54, 1.807) is 50.0 Å². The van der Waals surface area contributed by atoms with Crippen LogP contribution >= 0.6 is 0 Å². The molecule has 6 N–H and O–H groups in total. The molecule has 0 amide bonds. The van der Waals surface area contributed by atoms with Gasteiger partial charge in [0.15, 0.2) is 0 Å². The van der Waals surface area contributed by atoms with E-state index in [4.69, 9.17) is 0 Å². The molecule has 0 bridgehead atoms. The molecular weight excluding hydrogens is 653 g/mol. The van der Waals surface area contributed by atoms with Crippen LogP contribution in [0.15, 0.2) is 0 Å². The minimum Gasteiger partial charge on any atom is -1.00 e. The molecule has 0 saturated heterocycles. The van der Waals surface area contributed by atoms with Gasteiger partial charge in [0.25, 0.3) is 0 Å². The maximum atomic E-state index is 9.56. The first-order valence-corrected chi connectivity index (χ1v) is 11.8. The van der Waals surface area contributed by atoms with Crippen molar-refractivity contribution in [1.82, 2.24) is 12.3 Å². The van der Waals surface area contributed by atoms with Gasteiger partial charge in [-0.25, -0.2) is 0 Å². The van der Waals surface area contributed by atoms with Crippen molar-refractivity contribution in [3.05, 3.63) is 0 Å². The summed E-state index contributed by atoms with van der Waals surface area (Å²) < 4.78 is 38.2. The summed E-state index contributed by atoms with van der Waals surface area (Å²) in [4.78, 5) is 0. The Kier molecular flexibility index (Phi) is 204. The van der Waals surface area contributed by atoms with Crippen LogP contribution in [0.5, 0.6) is 0 Å². The number of rotatable bonds is 0. The van der Waals surface area contributed by atoms with Crippen LogP contribution in [0, 0.1) is 0 Å². The van der Waals surface area contributed by atoms with Crippen molar-refractivity contribution in [3.8, 4) is 0 Å². The minimum atomic E-state index is -0.611. The zero-order valence-electron chi connectivity index (χ0n) is 14.5. The van der Waals surface area contributed by atoms with E-state index >= 15 is 0 Å². The van der Waals surface area contributed by atoms with Crippen LogP contribution in [-0.4, -0.2) is 66.9 Å². The predicted octanol–water partition coefficient (Wildman–Crippen LogP) is -11.7. The second-order valence-corrected chi connectivity index (χ2v) is 8.90. The van der Waals surface area contributed by atoms with Crippen molar-refractivity contribution in [1.29, 1.82) is 0 Å². The molecule has 0 aliphatic heterocycles. The van der Waals surface area contributed by atoms with Crippen LogP contribution in [0.2, 0.25) is 0 Å². The largest absolute Gasteiger partial charge is 4.00 e. The van der Waals surface area contributed by atoms with Gasteiger partial charge in [0.2, 0.25) is 0 Å². The van der Waals surface area contributed by atoms with Gasteiger partial charge >= 0.3 is 21.1 Å². The maximum Gasteiger partial charge on any atom is 4.00 e. The molecule has 23 heavy (non-hydrogen) atoms. The van der Waals surface area contributed by atoms with Gasteiger partial charge in [-0.2, -0.15) is 0 Å². The third-order valence-electron chi connectivity index (χ3n) is 0. The number of hydrogen-bond acceptors (Lipinski definition) is 6. The van der Waals surface area contributed by atoms with Crippen LogP contribution in [-0.2, 0) is 64.3 Å². The molecule has 0 aromatic heterocycles. The molecule has 0 aromatic rings. The summed E-state index contributed by atoms with van der Waals surface area (Å²) in [5.41, 5.74) is 0. The second-order valence-electron chi connectivity index (χ2n) is 2.97. The average Bonchev–Trinajstić information content (AvgIpc) is 1.76. The summed E-state index contributed by atoms with van der Waals surface area (Å²) >= 11 is 0. The van der Waals surface area contributed by atoms with Gasteiger partial charge in [0.1, 0.15) is 0 Å². The molecule has 0 spiro atoms. The molecule has 0 atom stereocenters. The van der Waals surface area contributed by atoms with E-state index in [9.17, 15) is 16.8 Å². The molecule has 0 aliphatic carbocycles. The number of halogens is 4. The first-order chi connectivity index (χ1) is 6.93. The summed E-state index contributed by atoms with van der Waals surface area (Å²) in [6.45, 7) is 0. The predicted molar refractivity (Wildman–Crippen MR) is 90.0 cm³/mol. The van der Waals surface area contributed by atoms with Gasteiger partial charge in [-0.1, -0.05) is 0 Å². The first kappa shape index (κ1) is 73.0. The van der Waals surface area contributed by atoms with Crippen molar-refractivity contribution in [2.75, 3.05) is 50.0 Å². The zero-order valence-corrected chi connectivity index (χ0v) is 23.1. The Morgan fingerprint density at radius 1 is 0.391 bits per heavy atom. The van der Waals surface area contributed by atoms with E-state index < -0.39 is 43.2 Å². The molecule has 0 aliphatic rings. The van der Waals surface area contributed by atoms with Crippen LogP contribution in [0.4, 0.5) is 0 Å². The molecule has 15 heteroatoms. The molecule has 6 nitrogen and oxygen atoms in total. The summed E-state index contributed by atoms with van der Waals surface area (Å²) in [7, 11) is -2.44. The molecule has 0 aromatic carbocycles. The monoisotopic (exact) mass is 681 g/mol. The fraction of sp³-hybridized carbons (Fsp3) is 1.00.